The Morgan fingerprint density at radius 3 is 2.56 bits per heavy atom. The lowest BCUT2D eigenvalue weighted by Gasteiger charge is -2.11. The summed E-state index contributed by atoms with van der Waals surface area (Å²) in [6, 6.07) is 8.20. The van der Waals surface area contributed by atoms with Gasteiger partial charge in [-0.15, -0.1) is 0 Å². The monoisotopic (exact) mass is 371 g/mol. The van der Waals surface area contributed by atoms with Crippen molar-refractivity contribution in [2.24, 2.45) is 7.05 Å². The molecule has 0 aliphatic carbocycles. The number of hydrogen-bond acceptors (Lipinski definition) is 5. The molecule has 0 aliphatic heterocycles. The molecule has 1 atom stereocenters. The van der Waals surface area contributed by atoms with E-state index in [2.05, 4.69) is 20.9 Å². The number of carbonyl (C=O) groups is 2. The molecule has 0 radical (unpaired) electrons. The molecule has 0 fully saturated rings. The number of halogens is 1. The highest BCUT2D eigenvalue weighted by Gasteiger charge is 2.20. The van der Waals surface area contributed by atoms with Crippen LogP contribution in [0.5, 0.6) is 0 Å². The molecule has 140 valence electrons. The lowest BCUT2D eigenvalue weighted by molar-refractivity contribution is -0.117. The highest BCUT2D eigenvalue weighted by Crippen LogP contribution is 2.20. The zero-order chi connectivity index (χ0) is 19.6. The third-order valence-electron chi connectivity index (χ3n) is 3.87. The zero-order valence-electron chi connectivity index (χ0n) is 15.0. The number of carbonyl (C=O) groups excluding carboxylic acids is 2. The Morgan fingerprint density at radius 1 is 1.22 bits per heavy atom. The largest absolute Gasteiger partial charge is 0.360 e. The second-order valence-electron chi connectivity index (χ2n) is 6.05. The standard InChI is InChI=1S/C18H18FN5O3/c1-10-8-16(23-27-10)21-17(25)11(2)20-18(26)14-9-15(24(3)22-14)12-4-6-13(19)7-5-12/h4-9,11H,1-3H3,(H,20,26)(H,21,23,25)/t11-/m0/s1. The van der Waals surface area contributed by atoms with Crippen LogP contribution in [0, 0.1) is 12.7 Å². The Hall–Kier alpha value is -3.49. The predicted octanol–water partition coefficient (Wildman–Crippen LogP) is 2.28. The number of nitrogens with one attached hydrogen (secondary N) is 2. The van der Waals surface area contributed by atoms with Crippen molar-refractivity contribution in [1.29, 1.82) is 0 Å². The minimum absolute atomic E-state index is 0.147. The molecule has 0 bridgehead atoms. The molecule has 8 nitrogen and oxygen atoms in total. The number of aryl methyl sites for hydroxylation is 2. The summed E-state index contributed by atoms with van der Waals surface area (Å²) < 4.78 is 19.5. The fourth-order valence-corrected chi connectivity index (χ4v) is 2.46. The molecule has 27 heavy (non-hydrogen) atoms. The topological polar surface area (TPSA) is 102 Å². The average Bonchev–Trinajstić information content (AvgIpc) is 3.21. The van der Waals surface area contributed by atoms with Crippen LogP contribution in [0.2, 0.25) is 0 Å². The van der Waals surface area contributed by atoms with Crippen molar-refractivity contribution in [3.63, 3.8) is 0 Å². The molecule has 3 aromatic rings. The Bertz CT molecular complexity index is 977. The summed E-state index contributed by atoms with van der Waals surface area (Å²) >= 11 is 0. The van der Waals surface area contributed by atoms with Gasteiger partial charge < -0.3 is 15.2 Å². The Labute approximate surface area is 154 Å². The highest BCUT2D eigenvalue weighted by molar-refractivity contribution is 6.00. The molecule has 2 amide bonds. The predicted molar refractivity (Wildman–Crippen MR) is 95.4 cm³/mol. The van der Waals surface area contributed by atoms with Crippen LogP contribution < -0.4 is 10.6 Å². The van der Waals surface area contributed by atoms with E-state index in [1.807, 2.05) is 0 Å². The van der Waals surface area contributed by atoms with Crippen molar-refractivity contribution >= 4 is 17.6 Å². The van der Waals surface area contributed by atoms with Gasteiger partial charge in [0.15, 0.2) is 11.5 Å². The summed E-state index contributed by atoms with van der Waals surface area (Å²) in [5.74, 6) is -0.454. The summed E-state index contributed by atoms with van der Waals surface area (Å²) in [7, 11) is 1.68. The van der Waals surface area contributed by atoms with Gasteiger partial charge in [0.05, 0.1) is 5.69 Å². The molecular weight excluding hydrogens is 353 g/mol. The number of anilines is 1. The minimum atomic E-state index is -0.814. The molecular formula is C18H18FN5O3. The van der Waals surface area contributed by atoms with E-state index in [-0.39, 0.29) is 17.3 Å². The molecule has 2 N–H and O–H groups in total. The second-order valence-corrected chi connectivity index (χ2v) is 6.05. The summed E-state index contributed by atoms with van der Waals surface area (Å²) in [6.07, 6.45) is 0. The van der Waals surface area contributed by atoms with Gasteiger partial charge in [-0.3, -0.25) is 14.3 Å². The quantitative estimate of drug-likeness (QED) is 0.716. The SMILES string of the molecule is Cc1cc(NC(=O)[C@H](C)NC(=O)c2cc(-c3ccc(F)cc3)n(C)n2)no1. The van der Waals surface area contributed by atoms with Crippen LogP contribution in [0.3, 0.4) is 0 Å². The first-order valence-corrected chi connectivity index (χ1v) is 8.18. The molecule has 0 spiro atoms. The highest BCUT2D eigenvalue weighted by atomic mass is 19.1. The average molecular weight is 371 g/mol. The number of amides is 2. The Kier molecular flexibility index (Phi) is 5.02. The van der Waals surface area contributed by atoms with Crippen LogP contribution in [0.4, 0.5) is 10.2 Å². The number of benzene rings is 1. The van der Waals surface area contributed by atoms with Crippen LogP contribution in [-0.2, 0) is 11.8 Å². The van der Waals surface area contributed by atoms with Crippen LogP contribution in [0.15, 0.2) is 40.9 Å². The molecule has 9 heteroatoms. The van der Waals surface area contributed by atoms with Gasteiger partial charge in [-0.25, -0.2) is 4.39 Å². The van der Waals surface area contributed by atoms with E-state index in [4.69, 9.17) is 4.52 Å². The van der Waals surface area contributed by atoms with E-state index in [0.717, 1.165) is 5.56 Å². The van der Waals surface area contributed by atoms with Gasteiger partial charge in [0.2, 0.25) is 5.91 Å². The molecule has 2 aromatic heterocycles. The molecule has 0 aliphatic rings. The first-order chi connectivity index (χ1) is 12.8. The van der Waals surface area contributed by atoms with Gasteiger partial charge in [-0.05, 0) is 49.7 Å². The van der Waals surface area contributed by atoms with Crippen LogP contribution in [0.25, 0.3) is 11.3 Å². The van der Waals surface area contributed by atoms with Crippen molar-refractivity contribution in [3.8, 4) is 11.3 Å². The molecule has 0 unspecified atom stereocenters. The Morgan fingerprint density at radius 2 is 1.93 bits per heavy atom. The van der Waals surface area contributed by atoms with Gasteiger partial charge in [0, 0.05) is 13.1 Å². The van der Waals surface area contributed by atoms with Gasteiger partial charge in [-0.2, -0.15) is 5.10 Å². The molecule has 0 saturated heterocycles. The van der Waals surface area contributed by atoms with Crippen molar-refractivity contribution in [3.05, 3.63) is 53.7 Å². The lowest BCUT2D eigenvalue weighted by Crippen LogP contribution is -2.41. The maximum Gasteiger partial charge on any atom is 0.272 e. The first-order valence-electron chi connectivity index (χ1n) is 8.18. The van der Waals surface area contributed by atoms with E-state index < -0.39 is 17.9 Å². The number of aromatic nitrogens is 3. The molecule has 3 rings (SSSR count). The van der Waals surface area contributed by atoms with E-state index >= 15 is 0 Å². The maximum atomic E-state index is 13.1. The van der Waals surface area contributed by atoms with Gasteiger partial charge in [0.25, 0.3) is 5.91 Å². The van der Waals surface area contributed by atoms with Gasteiger partial charge in [0.1, 0.15) is 17.6 Å². The number of hydrogen-bond donors (Lipinski definition) is 2. The summed E-state index contributed by atoms with van der Waals surface area (Å²) in [6.45, 7) is 3.25. The fourth-order valence-electron chi connectivity index (χ4n) is 2.46. The fraction of sp³-hybridized carbons (Fsp3) is 0.222. The van der Waals surface area contributed by atoms with E-state index in [0.29, 0.717) is 11.5 Å². The number of nitrogens with zero attached hydrogens (tertiary/aromatic N) is 3. The van der Waals surface area contributed by atoms with E-state index in [1.165, 1.54) is 16.8 Å². The summed E-state index contributed by atoms with van der Waals surface area (Å²) in [5, 5.41) is 13.0. The van der Waals surface area contributed by atoms with Crippen LogP contribution in [0.1, 0.15) is 23.2 Å². The van der Waals surface area contributed by atoms with E-state index in [9.17, 15) is 14.0 Å². The molecule has 0 saturated carbocycles. The van der Waals surface area contributed by atoms with Crippen LogP contribution in [-0.4, -0.2) is 32.8 Å². The third-order valence-corrected chi connectivity index (χ3v) is 3.87. The number of rotatable bonds is 5. The Balaban J connectivity index is 1.68. The smallest absolute Gasteiger partial charge is 0.272 e. The van der Waals surface area contributed by atoms with Gasteiger partial charge in [-0.1, -0.05) is 5.16 Å². The van der Waals surface area contributed by atoms with Crippen molar-refractivity contribution in [1.82, 2.24) is 20.3 Å². The third kappa shape index (κ3) is 4.20. The summed E-state index contributed by atoms with van der Waals surface area (Å²) in [4.78, 5) is 24.6. The molecule has 2 heterocycles. The molecule has 1 aromatic carbocycles. The second kappa shape index (κ2) is 7.40. The van der Waals surface area contributed by atoms with Crippen molar-refractivity contribution in [2.45, 2.75) is 19.9 Å². The van der Waals surface area contributed by atoms with Crippen molar-refractivity contribution < 1.29 is 18.5 Å². The zero-order valence-corrected chi connectivity index (χ0v) is 15.0. The minimum Gasteiger partial charge on any atom is -0.360 e. The van der Waals surface area contributed by atoms with Gasteiger partial charge >= 0.3 is 0 Å². The van der Waals surface area contributed by atoms with E-state index in [1.54, 1.807) is 45.2 Å². The van der Waals surface area contributed by atoms with Crippen LogP contribution >= 0.6 is 0 Å². The maximum absolute atomic E-state index is 13.1. The summed E-state index contributed by atoms with van der Waals surface area (Å²) in [5.41, 5.74) is 1.52. The van der Waals surface area contributed by atoms with Crippen molar-refractivity contribution in [2.75, 3.05) is 5.32 Å². The first kappa shape index (κ1) is 18.3. The lowest BCUT2D eigenvalue weighted by atomic mass is 10.1. The normalized spacial score (nSPS) is 11.9.